The number of ether oxygens (including phenoxy) is 1. The van der Waals surface area contributed by atoms with Crippen molar-refractivity contribution in [2.24, 2.45) is 0 Å². The van der Waals surface area contributed by atoms with E-state index in [-0.39, 0.29) is 5.97 Å². The Morgan fingerprint density at radius 2 is 1.90 bits per heavy atom. The second kappa shape index (κ2) is 9.31. The summed E-state index contributed by atoms with van der Waals surface area (Å²) in [6.45, 7) is 5.41. The first-order valence-electron chi connectivity index (χ1n) is 6.99. The van der Waals surface area contributed by atoms with E-state index >= 15 is 0 Å². The van der Waals surface area contributed by atoms with E-state index in [4.69, 9.17) is 17.0 Å². The van der Waals surface area contributed by atoms with Crippen molar-refractivity contribution in [2.75, 3.05) is 18.5 Å². The van der Waals surface area contributed by atoms with Gasteiger partial charge in [0, 0.05) is 12.2 Å². The first-order valence-corrected chi connectivity index (χ1v) is 7.40. The van der Waals surface area contributed by atoms with Gasteiger partial charge in [-0.25, -0.2) is 4.79 Å². The van der Waals surface area contributed by atoms with Crippen LogP contribution in [0.5, 0.6) is 0 Å². The highest BCUT2D eigenvalue weighted by atomic mass is 32.1. The largest absolute Gasteiger partial charge is 0.462 e. The standard InChI is InChI=1S/C15H22N2O2S/c1-3-5-10-16-15(20)17-13-8-6-12(7-9-13)14(18)19-11-4-2/h6-9H,3-5,10-11H2,1-2H3,(H2,16,17,20). The van der Waals surface area contributed by atoms with Crippen molar-refractivity contribution < 1.29 is 9.53 Å². The molecule has 1 rings (SSSR count). The molecule has 0 spiro atoms. The van der Waals surface area contributed by atoms with Crippen molar-refractivity contribution in [2.45, 2.75) is 33.1 Å². The second-order valence-electron chi connectivity index (χ2n) is 4.45. The molecule has 0 aliphatic carbocycles. The monoisotopic (exact) mass is 294 g/mol. The van der Waals surface area contributed by atoms with E-state index in [0.29, 0.717) is 17.3 Å². The Balaban J connectivity index is 2.45. The maximum atomic E-state index is 11.6. The Hall–Kier alpha value is -1.62. The molecular weight excluding hydrogens is 272 g/mol. The minimum Gasteiger partial charge on any atom is -0.462 e. The van der Waals surface area contributed by atoms with Gasteiger partial charge in [-0.3, -0.25) is 0 Å². The van der Waals surface area contributed by atoms with Crippen LogP contribution in [0.2, 0.25) is 0 Å². The Morgan fingerprint density at radius 3 is 2.50 bits per heavy atom. The predicted octanol–water partition coefficient (Wildman–Crippen LogP) is 3.34. The van der Waals surface area contributed by atoms with Crippen LogP contribution in [0.3, 0.4) is 0 Å². The number of unbranched alkanes of at least 4 members (excludes halogenated alkanes) is 1. The number of benzene rings is 1. The van der Waals surface area contributed by atoms with Crippen molar-refractivity contribution >= 4 is 29.0 Å². The molecule has 0 aromatic heterocycles. The molecule has 1 aromatic rings. The summed E-state index contributed by atoms with van der Waals surface area (Å²) in [7, 11) is 0. The van der Waals surface area contributed by atoms with Crippen molar-refractivity contribution in [3.63, 3.8) is 0 Å². The van der Waals surface area contributed by atoms with E-state index in [1.165, 1.54) is 0 Å². The molecule has 2 N–H and O–H groups in total. The number of carbonyl (C=O) groups excluding carboxylic acids is 1. The van der Waals surface area contributed by atoms with Gasteiger partial charge < -0.3 is 15.4 Å². The smallest absolute Gasteiger partial charge is 0.338 e. The molecule has 0 aliphatic heterocycles. The van der Waals surface area contributed by atoms with E-state index in [2.05, 4.69) is 17.6 Å². The van der Waals surface area contributed by atoms with E-state index < -0.39 is 0 Å². The number of thiocarbonyl (C=S) groups is 1. The Labute approximate surface area is 125 Å². The van der Waals surface area contributed by atoms with Crippen LogP contribution in [0.1, 0.15) is 43.5 Å². The van der Waals surface area contributed by atoms with Gasteiger partial charge in [-0.1, -0.05) is 20.3 Å². The minimum absolute atomic E-state index is 0.290. The van der Waals surface area contributed by atoms with Crippen LogP contribution in [-0.4, -0.2) is 24.2 Å². The van der Waals surface area contributed by atoms with Gasteiger partial charge in [0.2, 0.25) is 0 Å². The summed E-state index contributed by atoms with van der Waals surface area (Å²) >= 11 is 5.18. The number of anilines is 1. The maximum absolute atomic E-state index is 11.6. The Morgan fingerprint density at radius 1 is 1.20 bits per heavy atom. The number of carbonyl (C=O) groups is 1. The van der Waals surface area contributed by atoms with Crippen LogP contribution in [0, 0.1) is 0 Å². The fourth-order valence-corrected chi connectivity index (χ4v) is 1.74. The third kappa shape index (κ3) is 6.02. The summed E-state index contributed by atoms with van der Waals surface area (Å²) in [5.74, 6) is -0.290. The molecule has 110 valence electrons. The molecule has 0 aliphatic rings. The zero-order valence-electron chi connectivity index (χ0n) is 12.1. The highest BCUT2D eigenvalue weighted by Crippen LogP contribution is 2.10. The SMILES string of the molecule is CCCCNC(=S)Nc1ccc(C(=O)OCCC)cc1. The molecule has 0 saturated heterocycles. The van der Waals surface area contributed by atoms with Crippen LogP contribution in [0.4, 0.5) is 5.69 Å². The summed E-state index contributed by atoms with van der Waals surface area (Å²) < 4.78 is 5.07. The Bertz CT molecular complexity index is 432. The van der Waals surface area contributed by atoms with Crippen molar-refractivity contribution in [1.29, 1.82) is 0 Å². The van der Waals surface area contributed by atoms with Gasteiger partial charge in [0.25, 0.3) is 0 Å². The highest BCUT2D eigenvalue weighted by molar-refractivity contribution is 7.80. The molecule has 0 unspecified atom stereocenters. The predicted molar refractivity (Wildman–Crippen MR) is 86.1 cm³/mol. The third-order valence-electron chi connectivity index (χ3n) is 2.63. The second-order valence-corrected chi connectivity index (χ2v) is 4.86. The van der Waals surface area contributed by atoms with Gasteiger partial charge in [-0.15, -0.1) is 0 Å². The number of hydrogen-bond acceptors (Lipinski definition) is 3. The van der Waals surface area contributed by atoms with Gasteiger partial charge >= 0.3 is 5.97 Å². The van der Waals surface area contributed by atoms with Gasteiger partial charge in [-0.2, -0.15) is 0 Å². The average Bonchev–Trinajstić information content (AvgIpc) is 2.46. The normalized spacial score (nSPS) is 9.90. The molecule has 20 heavy (non-hydrogen) atoms. The highest BCUT2D eigenvalue weighted by Gasteiger charge is 2.06. The van der Waals surface area contributed by atoms with E-state index in [1.54, 1.807) is 12.1 Å². The lowest BCUT2D eigenvalue weighted by molar-refractivity contribution is 0.0505. The lowest BCUT2D eigenvalue weighted by atomic mass is 10.2. The summed E-state index contributed by atoms with van der Waals surface area (Å²) in [4.78, 5) is 11.6. The quantitative estimate of drug-likeness (QED) is 0.459. The topological polar surface area (TPSA) is 50.4 Å². The third-order valence-corrected chi connectivity index (χ3v) is 2.88. The fraction of sp³-hybridized carbons (Fsp3) is 0.467. The number of esters is 1. The first kappa shape index (κ1) is 16.4. The molecule has 0 atom stereocenters. The molecule has 0 fully saturated rings. The van der Waals surface area contributed by atoms with Crippen molar-refractivity contribution in [3.05, 3.63) is 29.8 Å². The summed E-state index contributed by atoms with van der Waals surface area (Å²) in [6.07, 6.45) is 3.04. The molecule has 0 radical (unpaired) electrons. The number of hydrogen-bond donors (Lipinski definition) is 2. The lowest BCUT2D eigenvalue weighted by Gasteiger charge is -2.10. The molecule has 4 nitrogen and oxygen atoms in total. The molecule has 5 heteroatoms. The van der Waals surface area contributed by atoms with Crippen LogP contribution in [0.15, 0.2) is 24.3 Å². The van der Waals surface area contributed by atoms with Crippen molar-refractivity contribution in [1.82, 2.24) is 5.32 Å². The lowest BCUT2D eigenvalue weighted by Crippen LogP contribution is -2.29. The van der Waals surface area contributed by atoms with Crippen LogP contribution in [0.25, 0.3) is 0 Å². The van der Waals surface area contributed by atoms with Crippen molar-refractivity contribution in [3.8, 4) is 0 Å². The van der Waals surface area contributed by atoms with Gasteiger partial charge in [0.05, 0.1) is 12.2 Å². The molecule has 1 aromatic carbocycles. The number of nitrogens with one attached hydrogen (secondary N) is 2. The fourth-order valence-electron chi connectivity index (χ4n) is 1.52. The molecular formula is C15H22N2O2S. The molecule has 0 saturated carbocycles. The van der Waals surface area contributed by atoms with Crippen LogP contribution in [-0.2, 0) is 4.74 Å². The zero-order valence-corrected chi connectivity index (χ0v) is 12.9. The van der Waals surface area contributed by atoms with E-state index in [9.17, 15) is 4.79 Å². The van der Waals surface area contributed by atoms with Gasteiger partial charge in [0.15, 0.2) is 5.11 Å². The molecule has 0 amide bonds. The average molecular weight is 294 g/mol. The summed E-state index contributed by atoms with van der Waals surface area (Å²) in [5.41, 5.74) is 1.40. The van der Waals surface area contributed by atoms with E-state index in [1.807, 2.05) is 19.1 Å². The first-order chi connectivity index (χ1) is 9.67. The zero-order chi connectivity index (χ0) is 14.8. The van der Waals surface area contributed by atoms with Crippen LogP contribution >= 0.6 is 12.2 Å². The number of rotatable bonds is 7. The summed E-state index contributed by atoms with van der Waals surface area (Å²) in [6, 6.07) is 7.09. The van der Waals surface area contributed by atoms with Crippen LogP contribution < -0.4 is 10.6 Å². The van der Waals surface area contributed by atoms with Gasteiger partial charge in [-0.05, 0) is 49.3 Å². The summed E-state index contributed by atoms with van der Waals surface area (Å²) in [5, 5.41) is 6.80. The minimum atomic E-state index is -0.290. The Kier molecular flexibility index (Phi) is 7.65. The van der Waals surface area contributed by atoms with Gasteiger partial charge in [0.1, 0.15) is 0 Å². The molecule has 0 bridgehead atoms. The molecule has 0 heterocycles. The van der Waals surface area contributed by atoms with E-state index in [0.717, 1.165) is 31.5 Å². The maximum Gasteiger partial charge on any atom is 0.338 e.